The molecule has 0 radical (unpaired) electrons. The van der Waals surface area contributed by atoms with Gasteiger partial charge in [0.2, 0.25) is 0 Å². The Balaban J connectivity index is 1.76. The molecule has 2 aromatic carbocycles. The highest BCUT2D eigenvalue weighted by molar-refractivity contribution is 7.98. The molecule has 1 aromatic heterocycles. The van der Waals surface area contributed by atoms with E-state index in [0.717, 1.165) is 18.1 Å². The molecule has 3 aromatic rings. The van der Waals surface area contributed by atoms with Gasteiger partial charge in [0.25, 0.3) is 0 Å². The molecule has 0 amide bonds. The van der Waals surface area contributed by atoms with Gasteiger partial charge in [-0.15, -0.1) is 11.8 Å². The molecular weight excluding hydrogens is 494 g/mol. The third-order valence-corrected chi connectivity index (χ3v) is 7.42. The quantitative estimate of drug-likeness (QED) is 0.414. The van der Waals surface area contributed by atoms with Crippen LogP contribution in [-0.2, 0) is 25.7 Å². The lowest BCUT2D eigenvalue weighted by molar-refractivity contribution is -0.137. The fourth-order valence-corrected chi connectivity index (χ4v) is 5.50. The van der Waals surface area contributed by atoms with Gasteiger partial charge in [0.15, 0.2) is 0 Å². The van der Waals surface area contributed by atoms with Crippen molar-refractivity contribution in [1.29, 1.82) is 0 Å². The topological polar surface area (TPSA) is 41.3 Å². The molecule has 33 heavy (non-hydrogen) atoms. The zero-order valence-electron chi connectivity index (χ0n) is 18.0. The van der Waals surface area contributed by atoms with Gasteiger partial charge in [-0.05, 0) is 42.9 Å². The Labute approximate surface area is 204 Å². The molecule has 0 spiro atoms. The molecular formula is C23H22Cl2F3N3OS. The summed E-state index contributed by atoms with van der Waals surface area (Å²) in [5.74, 6) is 0. The molecule has 2 heterocycles. The van der Waals surface area contributed by atoms with Crippen molar-refractivity contribution < 1.29 is 18.3 Å². The molecule has 0 aliphatic carbocycles. The highest BCUT2D eigenvalue weighted by Gasteiger charge is 2.36. The van der Waals surface area contributed by atoms with Crippen molar-refractivity contribution in [3.05, 3.63) is 74.4 Å². The van der Waals surface area contributed by atoms with E-state index < -0.39 is 16.8 Å². The van der Waals surface area contributed by atoms with Gasteiger partial charge in [-0.2, -0.15) is 18.3 Å². The van der Waals surface area contributed by atoms with E-state index in [1.165, 1.54) is 33.6 Å². The van der Waals surface area contributed by atoms with E-state index in [1.807, 2.05) is 18.4 Å². The maximum absolute atomic E-state index is 13.4. The number of aromatic nitrogens is 2. The molecule has 1 aliphatic rings. The maximum Gasteiger partial charge on any atom is 0.417 e. The van der Waals surface area contributed by atoms with Crippen LogP contribution in [-0.4, -0.2) is 38.7 Å². The second-order valence-electron chi connectivity index (χ2n) is 7.95. The standard InChI is InChI=1S/C23H22Cl2F3N3OS/c1-13-17(11-30-10-15-6-4-3-5-14(15)9-16(30)12-32)22(33-2)29-31(13)21-19(24)8-7-18(20(21)25)23(26,27)28/h3-8,16,32H,9-12H2,1-2H3. The maximum atomic E-state index is 13.4. The number of fused-ring (bicyclic) bond motifs is 1. The van der Waals surface area contributed by atoms with Crippen molar-refractivity contribution in [1.82, 2.24) is 14.7 Å². The van der Waals surface area contributed by atoms with E-state index in [4.69, 9.17) is 23.2 Å². The smallest absolute Gasteiger partial charge is 0.395 e. The van der Waals surface area contributed by atoms with Crippen LogP contribution in [0.3, 0.4) is 0 Å². The van der Waals surface area contributed by atoms with E-state index in [9.17, 15) is 18.3 Å². The number of aliphatic hydroxyl groups is 1. The summed E-state index contributed by atoms with van der Waals surface area (Å²) in [5, 5.41) is 14.8. The van der Waals surface area contributed by atoms with Crippen LogP contribution in [0.4, 0.5) is 13.2 Å². The van der Waals surface area contributed by atoms with Crippen LogP contribution in [0.2, 0.25) is 10.0 Å². The third kappa shape index (κ3) is 4.64. The number of thioether (sulfide) groups is 1. The Hall–Kier alpha value is -1.71. The fourth-order valence-electron chi connectivity index (χ4n) is 4.24. The molecule has 0 fully saturated rings. The van der Waals surface area contributed by atoms with Crippen LogP contribution in [0, 0.1) is 6.92 Å². The molecule has 1 atom stereocenters. The minimum atomic E-state index is -4.61. The van der Waals surface area contributed by atoms with Gasteiger partial charge in [0.1, 0.15) is 10.7 Å². The van der Waals surface area contributed by atoms with E-state index >= 15 is 0 Å². The van der Waals surface area contributed by atoms with Crippen LogP contribution in [0.15, 0.2) is 41.4 Å². The summed E-state index contributed by atoms with van der Waals surface area (Å²) in [6, 6.07) is 10.1. The van der Waals surface area contributed by atoms with E-state index in [2.05, 4.69) is 22.1 Å². The number of hydrogen-bond acceptors (Lipinski definition) is 4. The van der Waals surface area contributed by atoms with Crippen molar-refractivity contribution in [2.75, 3.05) is 12.9 Å². The van der Waals surface area contributed by atoms with Crippen molar-refractivity contribution in [2.45, 2.75) is 43.7 Å². The van der Waals surface area contributed by atoms with Gasteiger partial charge >= 0.3 is 6.18 Å². The SMILES string of the molecule is CSc1nn(-c2c(Cl)ccc(C(F)(F)F)c2Cl)c(C)c1CN1Cc2ccccc2CC1CO. The van der Waals surface area contributed by atoms with E-state index in [0.29, 0.717) is 23.8 Å². The van der Waals surface area contributed by atoms with Gasteiger partial charge in [-0.3, -0.25) is 4.90 Å². The number of aliphatic hydroxyl groups excluding tert-OH is 1. The highest BCUT2D eigenvalue weighted by Crippen LogP contribution is 2.41. The van der Waals surface area contributed by atoms with Crippen molar-refractivity contribution in [3.63, 3.8) is 0 Å². The Morgan fingerprint density at radius 1 is 1.15 bits per heavy atom. The fraction of sp³-hybridized carbons (Fsp3) is 0.348. The second kappa shape index (κ2) is 9.50. The van der Waals surface area contributed by atoms with E-state index in [1.54, 1.807) is 6.92 Å². The van der Waals surface area contributed by atoms with Gasteiger partial charge in [-0.1, -0.05) is 47.5 Å². The molecule has 10 heteroatoms. The predicted molar refractivity (Wildman–Crippen MR) is 125 cm³/mol. The number of benzene rings is 2. The summed E-state index contributed by atoms with van der Waals surface area (Å²) >= 11 is 13.9. The molecule has 4 nitrogen and oxygen atoms in total. The number of rotatable bonds is 5. The zero-order chi connectivity index (χ0) is 23.9. The average molecular weight is 516 g/mol. The van der Waals surface area contributed by atoms with E-state index in [-0.39, 0.29) is 23.4 Å². The molecule has 0 saturated heterocycles. The molecule has 1 unspecified atom stereocenters. The van der Waals surface area contributed by atoms with Crippen LogP contribution >= 0.6 is 35.0 Å². The lowest BCUT2D eigenvalue weighted by Crippen LogP contribution is -2.42. The highest BCUT2D eigenvalue weighted by atomic mass is 35.5. The Bertz CT molecular complexity index is 1180. The lowest BCUT2D eigenvalue weighted by atomic mass is 9.94. The number of halogens is 5. The second-order valence-corrected chi connectivity index (χ2v) is 9.53. The Morgan fingerprint density at radius 3 is 2.48 bits per heavy atom. The van der Waals surface area contributed by atoms with Crippen LogP contribution in [0.5, 0.6) is 0 Å². The summed E-state index contributed by atoms with van der Waals surface area (Å²) in [6.07, 6.45) is -2.03. The van der Waals surface area contributed by atoms with Gasteiger partial charge in [-0.25, -0.2) is 4.68 Å². The average Bonchev–Trinajstić information content (AvgIpc) is 3.07. The van der Waals surface area contributed by atoms with Crippen LogP contribution in [0.25, 0.3) is 5.69 Å². The minimum absolute atomic E-state index is 0.00139. The summed E-state index contributed by atoms with van der Waals surface area (Å²) in [7, 11) is 0. The third-order valence-electron chi connectivity index (χ3n) is 6.02. The predicted octanol–water partition coefficient (Wildman–Crippen LogP) is 6.15. The summed E-state index contributed by atoms with van der Waals surface area (Å²) in [5.41, 5.74) is 2.98. The van der Waals surface area contributed by atoms with Crippen molar-refractivity contribution in [3.8, 4) is 5.69 Å². The number of hydrogen-bond donors (Lipinski definition) is 1. The first-order chi connectivity index (χ1) is 15.7. The molecule has 4 rings (SSSR count). The lowest BCUT2D eigenvalue weighted by Gasteiger charge is -2.36. The largest absolute Gasteiger partial charge is 0.417 e. The first-order valence-electron chi connectivity index (χ1n) is 10.3. The number of alkyl halides is 3. The first-order valence-corrected chi connectivity index (χ1v) is 12.2. The minimum Gasteiger partial charge on any atom is -0.395 e. The van der Waals surface area contributed by atoms with Crippen LogP contribution in [0.1, 0.15) is 27.9 Å². The molecule has 1 N–H and O–H groups in total. The molecule has 176 valence electrons. The number of nitrogens with zero attached hydrogens (tertiary/aromatic N) is 3. The Kier molecular flexibility index (Phi) is 7.03. The van der Waals surface area contributed by atoms with Gasteiger partial charge in [0.05, 0.1) is 22.2 Å². The van der Waals surface area contributed by atoms with Crippen molar-refractivity contribution >= 4 is 35.0 Å². The molecule has 0 saturated carbocycles. The van der Waals surface area contributed by atoms with Gasteiger partial charge in [0, 0.05) is 30.4 Å². The Morgan fingerprint density at radius 2 is 1.85 bits per heavy atom. The molecule has 0 bridgehead atoms. The van der Waals surface area contributed by atoms with Gasteiger partial charge < -0.3 is 5.11 Å². The normalized spacial score (nSPS) is 16.8. The molecule has 1 aliphatic heterocycles. The summed E-state index contributed by atoms with van der Waals surface area (Å²) < 4.78 is 41.7. The first kappa shape index (κ1) is 24.4. The monoisotopic (exact) mass is 515 g/mol. The zero-order valence-corrected chi connectivity index (χ0v) is 20.3. The summed E-state index contributed by atoms with van der Waals surface area (Å²) in [6.45, 7) is 2.93. The van der Waals surface area contributed by atoms with Crippen molar-refractivity contribution in [2.24, 2.45) is 0 Å². The summed E-state index contributed by atoms with van der Waals surface area (Å²) in [4.78, 5) is 2.17. The van der Waals surface area contributed by atoms with Crippen LogP contribution < -0.4 is 0 Å².